The summed E-state index contributed by atoms with van der Waals surface area (Å²) in [7, 11) is 2.40. The average molecular weight is 238 g/mol. The van der Waals surface area contributed by atoms with E-state index in [1.807, 2.05) is 0 Å². The zero-order valence-corrected chi connectivity index (χ0v) is 8.45. The van der Waals surface area contributed by atoms with E-state index in [1.54, 1.807) is 0 Å². The van der Waals surface area contributed by atoms with Gasteiger partial charge in [0.25, 0.3) is 0 Å². The predicted molar refractivity (Wildman–Crippen MR) is 46.2 cm³/mol. The first kappa shape index (κ1) is 12.5. The van der Waals surface area contributed by atoms with Crippen LogP contribution in [0.3, 0.4) is 0 Å². The van der Waals surface area contributed by atoms with Crippen molar-refractivity contribution in [1.82, 2.24) is 9.97 Å². The molecule has 1 N–H and O–H groups in total. The highest BCUT2D eigenvalue weighted by Gasteiger charge is 2.42. The fourth-order valence-electron chi connectivity index (χ4n) is 0.957. The van der Waals surface area contributed by atoms with Gasteiger partial charge in [-0.05, 0) is 0 Å². The second-order valence-corrected chi connectivity index (χ2v) is 2.75. The van der Waals surface area contributed by atoms with Gasteiger partial charge in [-0.3, -0.25) is 0 Å². The summed E-state index contributed by atoms with van der Waals surface area (Å²) < 4.78 is 45.9. The maximum absolute atomic E-state index is 12.2. The van der Waals surface area contributed by atoms with Crippen molar-refractivity contribution >= 4 is 0 Å². The van der Waals surface area contributed by atoms with Gasteiger partial charge >= 0.3 is 6.18 Å². The quantitative estimate of drug-likeness (QED) is 0.853. The van der Waals surface area contributed by atoms with Crippen LogP contribution in [-0.2, 0) is 0 Å². The largest absolute Gasteiger partial charge is 0.480 e. The zero-order chi connectivity index (χ0) is 12.3. The summed E-state index contributed by atoms with van der Waals surface area (Å²) in [4.78, 5) is 6.98. The van der Waals surface area contributed by atoms with E-state index in [-0.39, 0.29) is 5.88 Å². The normalized spacial score (nSPS) is 13.4. The van der Waals surface area contributed by atoms with Crippen LogP contribution in [0.1, 0.15) is 11.8 Å². The molecule has 16 heavy (non-hydrogen) atoms. The van der Waals surface area contributed by atoms with Gasteiger partial charge < -0.3 is 14.6 Å². The fraction of sp³-hybridized carbons (Fsp3) is 0.500. The second kappa shape index (κ2) is 4.52. The molecule has 0 spiro atoms. The smallest absolute Gasteiger partial charge is 0.420 e. The van der Waals surface area contributed by atoms with E-state index < -0.39 is 23.9 Å². The van der Waals surface area contributed by atoms with E-state index in [0.717, 1.165) is 13.3 Å². The standard InChI is InChI=1S/C8H9F3N2O3/c1-15-4-3-12-5(7(13-4)16-2)6(14)8(9,10)11/h3,6,14H,1-2H3. The zero-order valence-electron chi connectivity index (χ0n) is 8.45. The third kappa shape index (κ3) is 2.51. The van der Waals surface area contributed by atoms with Crippen molar-refractivity contribution in [3.63, 3.8) is 0 Å². The van der Waals surface area contributed by atoms with E-state index in [4.69, 9.17) is 5.11 Å². The molecule has 1 aromatic rings. The van der Waals surface area contributed by atoms with Crippen molar-refractivity contribution in [2.24, 2.45) is 0 Å². The molecule has 0 bridgehead atoms. The van der Waals surface area contributed by atoms with Crippen LogP contribution in [0.2, 0.25) is 0 Å². The van der Waals surface area contributed by atoms with E-state index in [1.165, 1.54) is 7.11 Å². The minimum Gasteiger partial charge on any atom is -0.480 e. The third-order valence-corrected chi connectivity index (χ3v) is 1.72. The molecule has 1 rings (SSSR count). The van der Waals surface area contributed by atoms with Crippen LogP contribution in [0.4, 0.5) is 13.2 Å². The molecular formula is C8H9F3N2O3. The topological polar surface area (TPSA) is 64.5 Å². The van der Waals surface area contributed by atoms with Crippen molar-refractivity contribution in [1.29, 1.82) is 0 Å². The third-order valence-electron chi connectivity index (χ3n) is 1.72. The Hall–Kier alpha value is -1.57. The summed E-state index contributed by atoms with van der Waals surface area (Å²) in [6.07, 6.45) is -6.59. The predicted octanol–water partition coefficient (Wildman–Crippen LogP) is 1.09. The molecule has 1 atom stereocenters. The van der Waals surface area contributed by atoms with Crippen LogP contribution in [-0.4, -0.2) is 35.5 Å². The number of aromatic nitrogens is 2. The molecule has 0 aliphatic carbocycles. The molecular weight excluding hydrogens is 229 g/mol. The number of hydrogen-bond acceptors (Lipinski definition) is 5. The number of halogens is 3. The lowest BCUT2D eigenvalue weighted by molar-refractivity contribution is -0.208. The van der Waals surface area contributed by atoms with Gasteiger partial charge in [0.1, 0.15) is 5.69 Å². The number of aliphatic hydroxyl groups is 1. The van der Waals surface area contributed by atoms with Crippen molar-refractivity contribution in [2.75, 3.05) is 14.2 Å². The average Bonchev–Trinajstić information content (AvgIpc) is 2.26. The molecule has 0 saturated heterocycles. The van der Waals surface area contributed by atoms with Gasteiger partial charge in [-0.15, -0.1) is 0 Å². The lowest BCUT2D eigenvalue weighted by Crippen LogP contribution is -2.22. The summed E-state index contributed by atoms with van der Waals surface area (Å²) in [5.74, 6) is -0.431. The van der Waals surface area contributed by atoms with Gasteiger partial charge in [0, 0.05) is 0 Å². The van der Waals surface area contributed by atoms with Crippen molar-refractivity contribution in [3.05, 3.63) is 11.9 Å². The van der Waals surface area contributed by atoms with Crippen LogP contribution in [0.5, 0.6) is 11.8 Å². The van der Waals surface area contributed by atoms with E-state index in [9.17, 15) is 13.2 Å². The van der Waals surface area contributed by atoms with Gasteiger partial charge in [-0.2, -0.15) is 18.2 Å². The number of hydrogen-bond donors (Lipinski definition) is 1. The number of nitrogens with zero attached hydrogens (tertiary/aromatic N) is 2. The Kier molecular flexibility index (Phi) is 3.53. The number of ether oxygens (including phenoxy) is 2. The van der Waals surface area contributed by atoms with Gasteiger partial charge in [0.2, 0.25) is 11.8 Å². The minimum atomic E-state index is -4.82. The van der Waals surface area contributed by atoms with E-state index in [0.29, 0.717) is 0 Å². The molecule has 0 fully saturated rings. The second-order valence-electron chi connectivity index (χ2n) is 2.75. The van der Waals surface area contributed by atoms with Crippen LogP contribution in [0.15, 0.2) is 6.20 Å². The molecule has 5 nitrogen and oxygen atoms in total. The van der Waals surface area contributed by atoms with Crippen LogP contribution < -0.4 is 9.47 Å². The SMILES string of the molecule is COc1cnc(C(O)C(F)(F)F)c(OC)n1. The number of alkyl halides is 3. The number of rotatable bonds is 3. The molecule has 1 unspecified atom stereocenters. The van der Waals surface area contributed by atoms with Gasteiger partial charge in [-0.25, -0.2) is 4.98 Å². The highest BCUT2D eigenvalue weighted by Crippen LogP contribution is 2.35. The number of aliphatic hydroxyl groups excluding tert-OH is 1. The Bertz CT molecular complexity index is 370. The number of methoxy groups -OCH3 is 2. The Morgan fingerprint density at radius 3 is 2.38 bits per heavy atom. The maximum atomic E-state index is 12.2. The molecule has 0 radical (unpaired) electrons. The summed E-state index contributed by atoms with van der Waals surface area (Å²) in [6, 6.07) is 0. The Morgan fingerprint density at radius 2 is 1.94 bits per heavy atom. The van der Waals surface area contributed by atoms with Crippen molar-refractivity contribution < 1.29 is 27.8 Å². The molecule has 90 valence electrons. The summed E-state index contributed by atoms with van der Waals surface area (Å²) in [5.41, 5.74) is -0.698. The highest BCUT2D eigenvalue weighted by molar-refractivity contribution is 5.25. The van der Waals surface area contributed by atoms with Crippen molar-refractivity contribution in [2.45, 2.75) is 12.3 Å². The monoisotopic (exact) mass is 238 g/mol. The Balaban J connectivity index is 3.14. The highest BCUT2D eigenvalue weighted by atomic mass is 19.4. The summed E-state index contributed by atoms with van der Waals surface area (Å²) >= 11 is 0. The minimum absolute atomic E-state index is 0.00465. The first-order chi connectivity index (χ1) is 7.40. The van der Waals surface area contributed by atoms with Crippen LogP contribution in [0.25, 0.3) is 0 Å². The molecule has 0 aliphatic rings. The van der Waals surface area contributed by atoms with Gasteiger partial charge in [0.15, 0.2) is 6.10 Å². The van der Waals surface area contributed by atoms with Gasteiger partial charge in [0.05, 0.1) is 20.4 Å². The van der Waals surface area contributed by atoms with Gasteiger partial charge in [-0.1, -0.05) is 0 Å². The first-order valence-electron chi connectivity index (χ1n) is 4.09. The van der Waals surface area contributed by atoms with E-state index >= 15 is 0 Å². The van der Waals surface area contributed by atoms with Crippen molar-refractivity contribution in [3.8, 4) is 11.8 Å². The van der Waals surface area contributed by atoms with Crippen LogP contribution >= 0.6 is 0 Å². The molecule has 0 saturated carbocycles. The maximum Gasteiger partial charge on any atom is 0.420 e. The molecule has 0 amide bonds. The Labute approximate surface area is 88.8 Å². The lowest BCUT2D eigenvalue weighted by atomic mass is 10.2. The first-order valence-corrected chi connectivity index (χ1v) is 4.09. The Morgan fingerprint density at radius 1 is 1.31 bits per heavy atom. The molecule has 0 aromatic carbocycles. The molecule has 8 heteroatoms. The summed E-state index contributed by atoms with van der Waals surface area (Å²) in [5, 5.41) is 8.98. The van der Waals surface area contributed by atoms with E-state index in [2.05, 4.69) is 19.4 Å². The molecule has 1 aromatic heterocycles. The molecule has 0 aliphatic heterocycles. The van der Waals surface area contributed by atoms with Crippen LogP contribution in [0, 0.1) is 0 Å². The lowest BCUT2D eigenvalue weighted by Gasteiger charge is -2.15. The molecule has 1 heterocycles. The fourth-order valence-corrected chi connectivity index (χ4v) is 0.957. The summed E-state index contributed by atoms with van der Waals surface area (Å²) in [6.45, 7) is 0.